The van der Waals surface area contributed by atoms with E-state index in [9.17, 15) is 4.79 Å². The van der Waals surface area contributed by atoms with Gasteiger partial charge < -0.3 is 9.53 Å². The number of rotatable bonds is 3. The molecule has 20 heavy (non-hydrogen) atoms. The van der Waals surface area contributed by atoms with Gasteiger partial charge in [-0.25, -0.2) is 0 Å². The molecule has 2 aliphatic rings. The van der Waals surface area contributed by atoms with Crippen molar-refractivity contribution >= 4 is 6.29 Å². The highest BCUT2D eigenvalue weighted by atomic mass is 16.5. The van der Waals surface area contributed by atoms with Crippen LogP contribution < -0.4 is 0 Å². The predicted octanol–water partition coefficient (Wildman–Crippen LogP) is 3.42. The highest BCUT2D eigenvalue weighted by Crippen LogP contribution is 2.36. The standard InChI is InChI=1S/C17H31NO2/c1-15(2)11-18(12-16(3,4)20-15)13-17(14-19)9-7-5-6-8-10-17/h14H,5-13H2,1-4H3. The normalized spacial score (nSPS) is 29.6. The molecule has 3 nitrogen and oxygen atoms in total. The van der Waals surface area contributed by atoms with Crippen LogP contribution in [-0.2, 0) is 9.53 Å². The monoisotopic (exact) mass is 281 g/mol. The second-order valence-electron chi connectivity index (χ2n) is 8.16. The van der Waals surface area contributed by atoms with E-state index in [1.165, 1.54) is 32.0 Å². The number of carbonyl (C=O) groups is 1. The first kappa shape index (κ1) is 16.0. The molecule has 0 spiro atoms. The van der Waals surface area contributed by atoms with E-state index in [1.807, 2.05) is 0 Å². The minimum atomic E-state index is -0.128. The summed E-state index contributed by atoms with van der Waals surface area (Å²) in [5.74, 6) is 0. The molecule has 3 heteroatoms. The molecular weight excluding hydrogens is 250 g/mol. The van der Waals surface area contributed by atoms with Crippen LogP contribution in [0.1, 0.15) is 66.2 Å². The molecule has 1 heterocycles. The van der Waals surface area contributed by atoms with Crippen molar-refractivity contribution in [3.8, 4) is 0 Å². The van der Waals surface area contributed by atoms with Crippen molar-refractivity contribution in [1.29, 1.82) is 0 Å². The Labute approximate surface area is 124 Å². The van der Waals surface area contributed by atoms with E-state index in [2.05, 4.69) is 32.6 Å². The molecule has 1 aliphatic heterocycles. The predicted molar refractivity (Wildman–Crippen MR) is 81.9 cm³/mol. The molecule has 1 saturated heterocycles. The number of nitrogens with zero attached hydrogens (tertiary/aromatic N) is 1. The lowest BCUT2D eigenvalue weighted by Crippen LogP contribution is -2.59. The fourth-order valence-corrected chi connectivity index (χ4v) is 4.25. The van der Waals surface area contributed by atoms with Crippen molar-refractivity contribution < 1.29 is 9.53 Å². The van der Waals surface area contributed by atoms with Crippen LogP contribution in [0.25, 0.3) is 0 Å². The summed E-state index contributed by atoms with van der Waals surface area (Å²) in [4.78, 5) is 14.2. The summed E-state index contributed by atoms with van der Waals surface area (Å²) < 4.78 is 6.14. The quantitative estimate of drug-likeness (QED) is 0.586. The topological polar surface area (TPSA) is 29.5 Å². The third-order valence-electron chi connectivity index (χ3n) is 4.65. The Kier molecular flexibility index (Phi) is 4.60. The van der Waals surface area contributed by atoms with Gasteiger partial charge in [-0.2, -0.15) is 0 Å². The molecule has 0 N–H and O–H groups in total. The number of morpholine rings is 1. The van der Waals surface area contributed by atoms with Gasteiger partial charge in [0.1, 0.15) is 6.29 Å². The van der Waals surface area contributed by atoms with Gasteiger partial charge in [0.05, 0.1) is 11.2 Å². The zero-order valence-electron chi connectivity index (χ0n) is 13.7. The van der Waals surface area contributed by atoms with Gasteiger partial charge in [-0.1, -0.05) is 25.7 Å². The Morgan fingerprint density at radius 1 is 0.950 bits per heavy atom. The average molecular weight is 281 g/mol. The molecule has 2 rings (SSSR count). The zero-order valence-corrected chi connectivity index (χ0v) is 13.7. The SMILES string of the molecule is CC1(C)CN(CC2(C=O)CCCCCC2)CC(C)(C)O1. The minimum Gasteiger partial charge on any atom is -0.367 e. The van der Waals surface area contributed by atoms with E-state index in [0.29, 0.717) is 0 Å². The van der Waals surface area contributed by atoms with E-state index in [-0.39, 0.29) is 16.6 Å². The van der Waals surface area contributed by atoms with E-state index >= 15 is 0 Å². The van der Waals surface area contributed by atoms with Gasteiger partial charge in [-0.3, -0.25) is 4.90 Å². The summed E-state index contributed by atoms with van der Waals surface area (Å²) in [6.07, 6.45) is 8.37. The van der Waals surface area contributed by atoms with Gasteiger partial charge in [-0.05, 0) is 40.5 Å². The third-order valence-corrected chi connectivity index (χ3v) is 4.65. The third kappa shape index (κ3) is 4.05. The minimum absolute atomic E-state index is 0.111. The van der Waals surface area contributed by atoms with Crippen molar-refractivity contribution in [2.45, 2.75) is 77.4 Å². The summed E-state index contributed by atoms with van der Waals surface area (Å²) in [7, 11) is 0. The lowest BCUT2D eigenvalue weighted by atomic mass is 9.80. The smallest absolute Gasteiger partial charge is 0.127 e. The van der Waals surface area contributed by atoms with Crippen LogP contribution in [0.15, 0.2) is 0 Å². The van der Waals surface area contributed by atoms with Crippen LogP contribution in [0.5, 0.6) is 0 Å². The molecule has 0 aromatic carbocycles. The van der Waals surface area contributed by atoms with Gasteiger partial charge in [0, 0.05) is 25.0 Å². The van der Waals surface area contributed by atoms with Crippen molar-refractivity contribution in [2.24, 2.45) is 5.41 Å². The Morgan fingerprint density at radius 2 is 1.45 bits per heavy atom. The number of aldehydes is 1. The summed E-state index contributed by atoms with van der Waals surface area (Å²) >= 11 is 0. The molecule has 0 bridgehead atoms. The van der Waals surface area contributed by atoms with Gasteiger partial charge in [0.25, 0.3) is 0 Å². The maximum absolute atomic E-state index is 11.8. The molecule has 0 aromatic rings. The molecule has 0 aromatic heterocycles. The summed E-state index contributed by atoms with van der Waals surface area (Å²) in [5.41, 5.74) is -0.368. The lowest BCUT2D eigenvalue weighted by molar-refractivity contribution is -0.185. The van der Waals surface area contributed by atoms with E-state index < -0.39 is 0 Å². The Bertz CT molecular complexity index is 325. The van der Waals surface area contributed by atoms with Crippen LogP contribution in [0.4, 0.5) is 0 Å². The van der Waals surface area contributed by atoms with Crippen molar-refractivity contribution in [2.75, 3.05) is 19.6 Å². The number of hydrogen-bond donors (Lipinski definition) is 0. The molecule has 0 radical (unpaired) electrons. The Balaban J connectivity index is 2.08. The van der Waals surface area contributed by atoms with Gasteiger partial charge in [0.15, 0.2) is 0 Å². The first-order valence-electron chi connectivity index (χ1n) is 8.15. The van der Waals surface area contributed by atoms with Crippen molar-refractivity contribution in [3.63, 3.8) is 0 Å². The van der Waals surface area contributed by atoms with Gasteiger partial charge in [-0.15, -0.1) is 0 Å². The Hall–Kier alpha value is -0.410. The molecule has 0 unspecified atom stereocenters. The fourth-order valence-electron chi connectivity index (χ4n) is 4.25. The summed E-state index contributed by atoms with van der Waals surface area (Å²) in [6, 6.07) is 0. The zero-order chi connectivity index (χ0) is 14.9. The number of hydrogen-bond acceptors (Lipinski definition) is 3. The van der Waals surface area contributed by atoms with E-state index in [0.717, 1.165) is 32.5 Å². The molecule has 116 valence electrons. The average Bonchev–Trinajstić information content (AvgIpc) is 2.51. The van der Waals surface area contributed by atoms with Gasteiger partial charge >= 0.3 is 0 Å². The fraction of sp³-hybridized carbons (Fsp3) is 0.941. The van der Waals surface area contributed by atoms with Crippen molar-refractivity contribution in [3.05, 3.63) is 0 Å². The van der Waals surface area contributed by atoms with Crippen LogP contribution in [0.3, 0.4) is 0 Å². The van der Waals surface area contributed by atoms with E-state index in [4.69, 9.17) is 4.74 Å². The largest absolute Gasteiger partial charge is 0.367 e. The molecule has 2 fully saturated rings. The highest BCUT2D eigenvalue weighted by molar-refractivity contribution is 5.59. The van der Waals surface area contributed by atoms with Crippen molar-refractivity contribution in [1.82, 2.24) is 4.90 Å². The van der Waals surface area contributed by atoms with E-state index in [1.54, 1.807) is 0 Å². The summed E-state index contributed by atoms with van der Waals surface area (Å²) in [5, 5.41) is 0. The van der Waals surface area contributed by atoms with Crippen LogP contribution in [0, 0.1) is 5.41 Å². The highest BCUT2D eigenvalue weighted by Gasteiger charge is 2.41. The van der Waals surface area contributed by atoms with Crippen LogP contribution >= 0.6 is 0 Å². The first-order chi connectivity index (χ1) is 9.26. The molecule has 0 atom stereocenters. The molecule has 0 amide bonds. The number of ether oxygens (including phenoxy) is 1. The van der Waals surface area contributed by atoms with Crippen LogP contribution in [-0.4, -0.2) is 42.0 Å². The number of carbonyl (C=O) groups excluding carboxylic acids is 1. The molecule has 1 saturated carbocycles. The Morgan fingerprint density at radius 3 is 1.90 bits per heavy atom. The van der Waals surface area contributed by atoms with Crippen LogP contribution in [0.2, 0.25) is 0 Å². The first-order valence-corrected chi connectivity index (χ1v) is 8.15. The second-order valence-corrected chi connectivity index (χ2v) is 8.16. The second kappa shape index (κ2) is 5.76. The molecular formula is C17H31NO2. The van der Waals surface area contributed by atoms with Gasteiger partial charge in [0.2, 0.25) is 0 Å². The maximum atomic E-state index is 11.8. The maximum Gasteiger partial charge on any atom is 0.127 e. The lowest BCUT2D eigenvalue weighted by Gasteiger charge is -2.49. The summed E-state index contributed by atoms with van der Waals surface area (Å²) in [6.45, 7) is 11.4. The molecule has 1 aliphatic carbocycles.